The molecule has 1 atom stereocenters. The van der Waals surface area contributed by atoms with Crippen molar-refractivity contribution in [3.05, 3.63) is 77.4 Å². The Morgan fingerprint density at radius 2 is 1.81 bits per heavy atom. The van der Waals surface area contributed by atoms with Gasteiger partial charge in [0.15, 0.2) is 5.82 Å². The summed E-state index contributed by atoms with van der Waals surface area (Å²) in [6, 6.07) is 15.4. The number of H-pyrrole nitrogens is 1. The molecule has 0 spiro atoms. The summed E-state index contributed by atoms with van der Waals surface area (Å²) in [7, 11) is -3.75. The van der Waals surface area contributed by atoms with Crippen molar-refractivity contribution in [3.8, 4) is 0 Å². The largest absolute Gasteiger partial charge is 0.263 e. The van der Waals surface area contributed by atoms with Crippen LogP contribution in [0.2, 0.25) is 0 Å². The van der Waals surface area contributed by atoms with E-state index in [2.05, 4.69) is 19.9 Å². The number of nitrogens with one attached hydrogen (secondary N) is 2. The number of aromatic nitrogens is 3. The molecule has 2 aromatic carbocycles. The van der Waals surface area contributed by atoms with Crippen molar-refractivity contribution in [3.63, 3.8) is 0 Å². The van der Waals surface area contributed by atoms with Crippen LogP contribution in [0.5, 0.6) is 0 Å². The van der Waals surface area contributed by atoms with Crippen LogP contribution < -0.4 is 4.72 Å². The quantitative estimate of drug-likeness (QED) is 0.563. The predicted molar refractivity (Wildman–Crippen MR) is 105 cm³/mol. The number of aryl methyl sites for hydroxylation is 2. The summed E-state index contributed by atoms with van der Waals surface area (Å²) in [6.07, 6.45) is 1.67. The highest BCUT2D eigenvalue weighted by Gasteiger charge is 2.25. The predicted octanol–water partition coefficient (Wildman–Crippen LogP) is 3.35. The molecule has 1 aromatic heterocycles. The molecule has 3 aromatic rings. The Bertz CT molecular complexity index is 972. The molecular weight excluding hydrogens is 384 g/mol. The van der Waals surface area contributed by atoms with E-state index < -0.39 is 16.1 Å². The zero-order valence-corrected chi connectivity index (χ0v) is 16.5. The third-order valence-corrected chi connectivity index (χ3v) is 5.82. The van der Waals surface area contributed by atoms with E-state index in [4.69, 9.17) is 11.6 Å². The molecule has 27 heavy (non-hydrogen) atoms. The maximum absolute atomic E-state index is 12.9. The Morgan fingerprint density at radius 1 is 1.11 bits per heavy atom. The van der Waals surface area contributed by atoms with Crippen molar-refractivity contribution >= 4 is 21.6 Å². The molecule has 0 aliphatic heterocycles. The second-order valence-corrected chi connectivity index (χ2v) is 8.27. The van der Waals surface area contributed by atoms with E-state index in [1.165, 1.54) is 0 Å². The second kappa shape index (κ2) is 8.65. The number of alkyl halides is 1. The minimum atomic E-state index is -3.75. The second-order valence-electron chi connectivity index (χ2n) is 6.18. The Balaban J connectivity index is 1.88. The van der Waals surface area contributed by atoms with Crippen LogP contribution in [0.25, 0.3) is 0 Å². The molecule has 0 fully saturated rings. The summed E-state index contributed by atoms with van der Waals surface area (Å²) in [5.41, 5.74) is 1.82. The lowest BCUT2D eigenvalue weighted by atomic mass is 10.1. The van der Waals surface area contributed by atoms with Gasteiger partial charge in [-0.05, 0) is 43.0 Å². The average molecular weight is 405 g/mol. The normalized spacial score (nSPS) is 12.8. The summed E-state index contributed by atoms with van der Waals surface area (Å²) in [4.78, 5) is 4.51. The van der Waals surface area contributed by atoms with E-state index in [-0.39, 0.29) is 4.90 Å². The number of benzene rings is 2. The van der Waals surface area contributed by atoms with E-state index in [1.807, 2.05) is 42.5 Å². The van der Waals surface area contributed by atoms with E-state index in [0.29, 0.717) is 17.5 Å². The number of nitrogens with zero attached hydrogens (tertiary/aromatic N) is 2. The lowest BCUT2D eigenvalue weighted by Crippen LogP contribution is -2.30. The van der Waals surface area contributed by atoms with Crippen molar-refractivity contribution in [2.45, 2.75) is 30.7 Å². The van der Waals surface area contributed by atoms with E-state index in [9.17, 15) is 8.42 Å². The molecule has 8 heteroatoms. The van der Waals surface area contributed by atoms with E-state index >= 15 is 0 Å². The lowest BCUT2D eigenvalue weighted by Gasteiger charge is -2.16. The van der Waals surface area contributed by atoms with Crippen LogP contribution in [0.3, 0.4) is 0 Å². The maximum atomic E-state index is 12.9. The highest BCUT2D eigenvalue weighted by Crippen LogP contribution is 2.22. The van der Waals surface area contributed by atoms with E-state index in [0.717, 1.165) is 24.0 Å². The topological polar surface area (TPSA) is 87.7 Å². The van der Waals surface area contributed by atoms with Crippen LogP contribution in [0.1, 0.15) is 35.2 Å². The SMILES string of the molecule is Cc1nc(C(NS(=O)(=O)c2ccc(CCCCl)cc2)c2ccccc2)n[nH]1. The number of aromatic amines is 1. The highest BCUT2D eigenvalue weighted by atomic mass is 35.5. The van der Waals surface area contributed by atoms with Gasteiger partial charge in [0.1, 0.15) is 11.9 Å². The minimum absolute atomic E-state index is 0.199. The van der Waals surface area contributed by atoms with Gasteiger partial charge < -0.3 is 0 Å². The van der Waals surface area contributed by atoms with Gasteiger partial charge in [0.2, 0.25) is 10.0 Å². The summed E-state index contributed by atoms with van der Waals surface area (Å²) >= 11 is 5.71. The minimum Gasteiger partial charge on any atom is -0.263 e. The first-order valence-electron chi connectivity index (χ1n) is 8.60. The first kappa shape index (κ1) is 19.5. The molecule has 2 N–H and O–H groups in total. The molecule has 0 bridgehead atoms. The molecule has 3 rings (SSSR count). The third kappa shape index (κ3) is 4.94. The summed E-state index contributed by atoms with van der Waals surface area (Å²) in [5, 5.41) is 6.91. The van der Waals surface area contributed by atoms with Gasteiger partial charge in [0.05, 0.1) is 4.90 Å². The van der Waals surface area contributed by atoms with Gasteiger partial charge in [-0.25, -0.2) is 13.4 Å². The fraction of sp³-hybridized carbons (Fsp3) is 0.263. The molecule has 0 saturated carbocycles. The van der Waals surface area contributed by atoms with Gasteiger partial charge in [0.25, 0.3) is 0 Å². The number of hydrogen-bond acceptors (Lipinski definition) is 4. The molecule has 6 nitrogen and oxygen atoms in total. The molecule has 1 unspecified atom stereocenters. The van der Waals surface area contributed by atoms with Crippen LogP contribution >= 0.6 is 11.6 Å². The Hall–Kier alpha value is -2.22. The molecule has 142 valence electrons. The van der Waals surface area contributed by atoms with Gasteiger partial charge in [0, 0.05) is 5.88 Å². The summed E-state index contributed by atoms with van der Waals surface area (Å²) in [5.74, 6) is 1.57. The van der Waals surface area contributed by atoms with Gasteiger partial charge >= 0.3 is 0 Å². The van der Waals surface area contributed by atoms with Gasteiger partial charge in [-0.15, -0.1) is 11.6 Å². The Kier molecular flexibility index (Phi) is 6.26. The number of rotatable bonds is 8. The fourth-order valence-electron chi connectivity index (χ4n) is 2.73. The van der Waals surface area contributed by atoms with Crippen LogP contribution in [-0.4, -0.2) is 29.5 Å². The Morgan fingerprint density at radius 3 is 2.41 bits per heavy atom. The van der Waals surface area contributed by atoms with Crippen LogP contribution in [0.15, 0.2) is 59.5 Å². The van der Waals surface area contributed by atoms with Crippen LogP contribution in [0, 0.1) is 6.92 Å². The zero-order chi connectivity index (χ0) is 19.3. The number of sulfonamides is 1. The first-order chi connectivity index (χ1) is 13.0. The molecular formula is C19H21ClN4O2S. The van der Waals surface area contributed by atoms with Crippen molar-refractivity contribution < 1.29 is 8.42 Å². The van der Waals surface area contributed by atoms with Crippen LogP contribution in [0.4, 0.5) is 0 Å². The molecule has 1 heterocycles. The molecule has 0 aliphatic rings. The molecule has 0 radical (unpaired) electrons. The molecule has 0 amide bonds. The number of halogens is 1. The zero-order valence-electron chi connectivity index (χ0n) is 14.9. The van der Waals surface area contributed by atoms with Crippen molar-refractivity contribution in [2.24, 2.45) is 0 Å². The highest BCUT2D eigenvalue weighted by molar-refractivity contribution is 7.89. The lowest BCUT2D eigenvalue weighted by molar-refractivity contribution is 0.567. The van der Waals surface area contributed by atoms with Gasteiger partial charge in [-0.1, -0.05) is 42.5 Å². The molecule has 0 aliphatic carbocycles. The van der Waals surface area contributed by atoms with Crippen LogP contribution in [-0.2, 0) is 16.4 Å². The first-order valence-corrected chi connectivity index (χ1v) is 10.6. The summed E-state index contributed by atoms with van der Waals surface area (Å²) in [6.45, 7) is 1.77. The fourth-order valence-corrected chi connectivity index (χ4v) is 4.05. The van der Waals surface area contributed by atoms with Crippen molar-refractivity contribution in [2.75, 3.05) is 5.88 Å². The van der Waals surface area contributed by atoms with Crippen molar-refractivity contribution in [1.82, 2.24) is 19.9 Å². The Labute approximate surface area is 164 Å². The summed E-state index contributed by atoms with van der Waals surface area (Å²) < 4.78 is 28.6. The third-order valence-electron chi connectivity index (χ3n) is 4.11. The maximum Gasteiger partial charge on any atom is 0.241 e. The van der Waals surface area contributed by atoms with Gasteiger partial charge in [-0.3, -0.25) is 5.10 Å². The monoisotopic (exact) mass is 404 g/mol. The smallest absolute Gasteiger partial charge is 0.241 e. The molecule has 0 saturated heterocycles. The number of hydrogen-bond donors (Lipinski definition) is 2. The van der Waals surface area contributed by atoms with Gasteiger partial charge in [-0.2, -0.15) is 9.82 Å². The average Bonchev–Trinajstić information content (AvgIpc) is 3.11. The van der Waals surface area contributed by atoms with Crippen molar-refractivity contribution in [1.29, 1.82) is 0 Å². The standard InChI is InChI=1S/C19H21ClN4O2S/c1-14-21-19(23-22-14)18(16-7-3-2-4-8-16)24-27(25,26)17-11-9-15(10-12-17)6-5-13-20/h2-4,7-12,18,24H,5-6,13H2,1H3,(H,21,22,23). The van der Waals surface area contributed by atoms with E-state index in [1.54, 1.807) is 19.1 Å².